The van der Waals surface area contributed by atoms with Gasteiger partial charge in [0.1, 0.15) is 0 Å². The van der Waals surface area contributed by atoms with Gasteiger partial charge in [-0.15, -0.1) is 4.68 Å². The number of amides is 1. The van der Waals surface area contributed by atoms with E-state index in [9.17, 15) is 22.8 Å². The Morgan fingerprint density at radius 1 is 1.31 bits per heavy atom. The molecule has 0 atom stereocenters. The second kappa shape index (κ2) is 7.20. The molecule has 0 fully saturated rings. The minimum absolute atomic E-state index is 0.00884. The summed E-state index contributed by atoms with van der Waals surface area (Å²) in [7, 11) is -1.65. The number of benzene rings is 1. The van der Waals surface area contributed by atoms with Gasteiger partial charge in [-0.3, -0.25) is 9.48 Å². The summed E-state index contributed by atoms with van der Waals surface area (Å²) in [5.74, 6) is 0. The summed E-state index contributed by atoms with van der Waals surface area (Å²) in [6.07, 6.45) is 1.50. The average Bonchev–Trinajstić information content (AvgIpc) is 3.08. The third-order valence-electron chi connectivity index (χ3n) is 4.40. The molecule has 154 valence electrons. The van der Waals surface area contributed by atoms with Crippen molar-refractivity contribution in [1.82, 2.24) is 19.4 Å². The van der Waals surface area contributed by atoms with Crippen LogP contribution in [0.3, 0.4) is 0 Å². The largest absolute Gasteiger partial charge is 0.451 e. The number of rotatable bonds is 4. The molecule has 0 bridgehead atoms. The van der Waals surface area contributed by atoms with Crippen LogP contribution < -0.4 is 15.7 Å². The number of sulfonamides is 1. The monoisotopic (exact) mass is 421 g/mol. The molecule has 29 heavy (non-hydrogen) atoms. The van der Waals surface area contributed by atoms with Gasteiger partial charge >= 0.3 is 11.8 Å². The zero-order chi connectivity index (χ0) is 21.5. The Bertz CT molecular complexity index is 1330. The number of aromatic nitrogens is 4. The molecule has 12 heteroatoms. The lowest BCUT2D eigenvalue weighted by molar-refractivity contribution is 0.177. The average molecular weight is 421 g/mol. The molecule has 3 aromatic rings. The van der Waals surface area contributed by atoms with E-state index in [2.05, 4.69) is 14.8 Å². The second-order valence-electron chi connectivity index (χ2n) is 6.27. The van der Waals surface area contributed by atoms with Gasteiger partial charge in [-0.25, -0.2) is 18.0 Å². The van der Waals surface area contributed by atoms with Crippen molar-refractivity contribution in [2.75, 3.05) is 17.8 Å². The number of carbonyl (C=O) groups excluding carboxylic acids is 1. The van der Waals surface area contributed by atoms with Crippen molar-refractivity contribution in [3.8, 4) is 11.3 Å². The lowest BCUT2D eigenvalue weighted by Crippen LogP contribution is -2.55. The highest BCUT2D eigenvalue weighted by Gasteiger charge is 2.30. The maximum Gasteiger partial charge on any atom is 0.443 e. The first-order chi connectivity index (χ1) is 13.6. The highest BCUT2D eigenvalue weighted by atomic mass is 32.2. The van der Waals surface area contributed by atoms with Crippen molar-refractivity contribution in [2.24, 2.45) is 7.05 Å². The van der Waals surface area contributed by atoms with Crippen molar-refractivity contribution in [3.63, 3.8) is 0 Å². The van der Waals surface area contributed by atoms with Crippen LogP contribution in [0.25, 0.3) is 22.2 Å². The molecule has 0 aliphatic heterocycles. The summed E-state index contributed by atoms with van der Waals surface area (Å²) in [5, 5.41) is 4.15. The summed E-state index contributed by atoms with van der Waals surface area (Å²) >= 11 is 0. The number of hydrogen-bond donors (Lipinski definition) is 1. The summed E-state index contributed by atoms with van der Waals surface area (Å²) < 4.78 is 30.4. The van der Waals surface area contributed by atoms with Crippen LogP contribution in [0.2, 0.25) is 0 Å². The van der Waals surface area contributed by atoms with E-state index in [-0.39, 0.29) is 20.0 Å². The lowest BCUT2D eigenvalue weighted by Gasteiger charge is -2.20. The van der Waals surface area contributed by atoms with Crippen LogP contribution in [-0.4, -0.2) is 47.3 Å². The molecule has 0 saturated carbocycles. The number of H-pyrrole nitrogens is 1. The number of fused-ring (bicyclic) bond motifs is 1. The minimum Gasteiger partial charge on any atom is -0.451 e. The molecule has 0 saturated heterocycles. The van der Waals surface area contributed by atoms with Gasteiger partial charge in [-0.1, -0.05) is 11.3 Å². The molecular formula is C17H19N5O6S. The van der Waals surface area contributed by atoms with E-state index in [4.69, 9.17) is 0 Å². The van der Waals surface area contributed by atoms with Gasteiger partial charge in [0.25, 0.3) is 15.6 Å². The zero-order valence-electron chi connectivity index (χ0n) is 16.2. The van der Waals surface area contributed by atoms with Gasteiger partial charge in [0, 0.05) is 18.8 Å². The third kappa shape index (κ3) is 3.42. The normalized spacial score (nSPS) is 11.6. The molecule has 3 rings (SSSR count). The van der Waals surface area contributed by atoms with Gasteiger partial charge in [0.05, 0.1) is 30.0 Å². The summed E-state index contributed by atoms with van der Waals surface area (Å²) in [6.45, 7) is 1.92. The molecule has 11 nitrogen and oxygen atoms in total. The van der Waals surface area contributed by atoms with E-state index >= 15 is 0 Å². The van der Waals surface area contributed by atoms with E-state index in [0.717, 1.165) is 18.4 Å². The topological polar surface area (TPSA) is 136 Å². The molecule has 1 amide bonds. The SMILES string of the molecule is CCc1cc2[nH]c(=O)n(N(C(=O)OC)S(C)(=O)=O)c(=O)c2cc1-c1ccnn1C. The van der Waals surface area contributed by atoms with Crippen LogP contribution in [0.5, 0.6) is 0 Å². The summed E-state index contributed by atoms with van der Waals surface area (Å²) in [4.78, 5) is 40.0. The van der Waals surface area contributed by atoms with Gasteiger partial charge in [0.2, 0.25) is 0 Å². The Morgan fingerprint density at radius 2 is 2.00 bits per heavy atom. The van der Waals surface area contributed by atoms with Gasteiger partial charge < -0.3 is 9.72 Å². The molecule has 2 aromatic heterocycles. The number of nitrogens with zero attached hydrogens (tertiary/aromatic N) is 4. The van der Waals surface area contributed by atoms with Crippen molar-refractivity contribution in [1.29, 1.82) is 0 Å². The minimum atomic E-state index is -4.33. The fourth-order valence-corrected chi connectivity index (χ4v) is 3.87. The van der Waals surface area contributed by atoms with Crippen LogP contribution in [-0.2, 0) is 28.2 Å². The maximum atomic E-state index is 13.1. The molecule has 0 unspecified atom stereocenters. The Balaban J connectivity index is 2.42. The number of methoxy groups -OCH3 is 1. The van der Waals surface area contributed by atoms with E-state index in [1.54, 1.807) is 30.1 Å². The Morgan fingerprint density at radius 3 is 2.52 bits per heavy atom. The van der Waals surface area contributed by atoms with Crippen LogP contribution in [0.4, 0.5) is 4.79 Å². The first-order valence-corrected chi connectivity index (χ1v) is 10.3. The highest BCUT2D eigenvalue weighted by molar-refractivity contribution is 7.92. The maximum absolute atomic E-state index is 13.1. The Labute approximate surface area is 165 Å². The molecular weight excluding hydrogens is 402 g/mol. The first-order valence-electron chi connectivity index (χ1n) is 8.49. The smallest absolute Gasteiger partial charge is 0.443 e. The van der Waals surface area contributed by atoms with Gasteiger partial charge in [-0.2, -0.15) is 5.10 Å². The number of hydrogen-bond acceptors (Lipinski definition) is 7. The Kier molecular flexibility index (Phi) is 5.05. The number of ether oxygens (including phenoxy) is 1. The van der Waals surface area contributed by atoms with E-state index in [0.29, 0.717) is 18.2 Å². The second-order valence-corrected chi connectivity index (χ2v) is 8.08. The van der Waals surface area contributed by atoms with Crippen molar-refractivity contribution >= 4 is 27.0 Å². The number of nitrogens with one attached hydrogen (secondary N) is 1. The van der Waals surface area contributed by atoms with E-state index in [1.165, 1.54) is 6.07 Å². The zero-order valence-corrected chi connectivity index (χ0v) is 17.0. The molecule has 2 heterocycles. The van der Waals surface area contributed by atoms with Crippen molar-refractivity contribution in [3.05, 3.63) is 50.8 Å². The molecule has 0 spiro atoms. The quantitative estimate of drug-likeness (QED) is 0.640. The number of aromatic amines is 1. The van der Waals surface area contributed by atoms with Crippen LogP contribution in [0, 0.1) is 0 Å². The predicted molar refractivity (Wildman–Crippen MR) is 106 cm³/mol. The summed E-state index contributed by atoms with van der Waals surface area (Å²) in [5.41, 5.74) is 0.423. The van der Waals surface area contributed by atoms with E-state index < -0.39 is 27.4 Å². The molecule has 1 N–H and O–H groups in total. The Hall–Kier alpha value is -3.41. The van der Waals surface area contributed by atoms with Gasteiger partial charge in [-0.05, 0) is 30.2 Å². The molecule has 0 aliphatic carbocycles. The lowest BCUT2D eigenvalue weighted by atomic mass is 10.00. The molecule has 1 aromatic carbocycles. The number of carbonyl (C=O) groups is 1. The fraction of sp³-hybridized carbons (Fsp3) is 0.294. The van der Waals surface area contributed by atoms with Crippen LogP contribution >= 0.6 is 0 Å². The third-order valence-corrected chi connectivity index (χ3v) is 5.35. The highest BCUT2D eigenvalue weighted by Crippen LogP contribution is 2.26. The molecule has 0 aliphatic rings. The first kappa shape index (κ1) is 20.3. The van der Waals surface area contributed by atoms with E-state index in [1.807, 2.05) is 6.92 Å². The van der Waals surface area contributed by atoms with Crippen LogP contribution in [0.1, 0.15) is 12.5 Å². The van der Waals surface area contributed by atoms with Crippen LogP contribution in [0.15, 0.2) is 34.0 Å². The molecule has 0 radical (unpaired) electrons. The fourth-order valence-electron chi connectivity index (χ4n) is 3.08. The summed E-state index contributed by atoms with van der Waals surface area (Å²) in [6, 6.07) is 4.95. The standard InChI is InChI=1S/C17H19N5O6S/c1-5-10-8-13-12(9-11(10)14-6-7-18-20(14)2)15(23)21(16(24)19-13)22(17(25)28-3)29(4,26)27/h6-9H,5H2,1-4H3,(H,19,24). The predicted octanol–water partition coefficient (Wildman–Crippen LogP) is 0.317. The van der Waals surface area contributed by atoms with Crippen molar-refractivity contribution in [2.45, 2.75) is 13.3 Å². The van der Waals surface area contributed by atoms with Gasteiger partial charge in [0.15, 0.2) is 0 Å². The van der Waals surface area contributed by atoms with Crippen molar-refractivity contribution < 1.29 is 17.9 Å². The number of aryl methyl sites for hydroxylation is 2.